The minimum Gasteiger partial charge on any atom is -0.403 e. The van der Waals surface area contributed by atoms with Crippen molar-refractivity contribution >= 4 is 17.5 Å². The van der Waals surface area contributed by atoms with Crippen molar-refractivity contribution in [1.82, 2.24) is 19.5 Å². The smallest absolute Gasteiger partial charge is 0.403 e. The van der Waals surface area contributed by atoms with Gasteiger partial charge >= 0.3 is 6.36 Å². The van der Waals surface area contributed by atoms with E-state index in [1.165, 1.54) is 23.0 Å². The second kappa shape index (κ2) is 6.71. The van der Waals surface area contributed by atoms with Crippen LogP contribution in [-0.4, -0.2) is 52.2 Å². The summed E-state index contributed by atoms with van der Waals surface area (Å²) in [5.41, 5.74) is 12.5. The van der Waals surface area contributed by atoms with E-state index >= 15 is 0 Å². The van der Waals surface area contributed by atoms with E-state index < -0.39 is 12.1 Å². The van der Waals surface area contributed by atoms with Gasteiger partial charge in [0.05, 0.1) is 18.9 Å². The summed E-state index contributed by atoms with van der Waals surface area (Å²) in [5, 5.41) is 0. The minimum atomic E-state index is -4.90. The van der Waals surface area contributed by atoms with E-state index in [1.807, 2.05) is 4.90 Å². The number of rotatable bonds is 3. The molecule has 0 unspecified atom stereocenters. The number of aromatic nitrogens is 4. The zero-order valence-corrected chi connectivity index (χ0v) is 14.5. The molecule has 3 heterocycles. The molecule has 0 atom stereocenters. The van der Waals surface area contributed by atoms with Crippen molar-refractivity contribution in [2.24, 2.45) is 0 Å². The Morgan fingerprint density at radius 2 is 1.86 bits per heavy atom. The molecule has 0 amide bonds. The molecule has 1 saturated heterocycles. The van der Waals surface area contributed by atoms with Crippen LogP contribution in [0.25, 0.3) is 17.2 Å². The zero-order chi connectivity index (χ0) is 19.9. The first-order chi connectivity index (χ1) is 13.3. The molecule has 4 rings (SSSR count). The third kappa shape index (κ3) is 3.33. The van der Waals surface area contributed by atoms with Crippen LogP contribution in [0, 0.1) is 0 Å². The number of hydrogen-bond donors (Lipinski definition) is 2. The Balaban J connectivity index is 1.86. The highest BCUT2D eigenvalue weighted by Crippen LogP contribution is 2.37. The monoisotopic (exact) mass is 395 g/mol. The van der Waals surface area contributed by atoms with Crippen molar-refractivity contribution in [3.05, 3.63) is 24.5 Å². The Bertz CT molecular complexity index is 969. The molecule has 0 spiro atoms. The van der Waals surface area contributed by atoms with Gasteiger partial charge in [0.2, 0.25) is 5.95 Å². The lowest BCUT2D eigenvalue weighted by Crippen LogP contribution is -2.36. The second-order valence-corrected chi connectivity index (χ2v) is 6.04. The van der Waals surface area contributed by atoms with Gasteiger partial charge in [-0.3, -0.25) is 4.57 Å². The molecule has 28 heavy (non-hydrogen) atoms. The molecule has 1 aromatic carbocycles. The van der Waals surface area contributed by atoms with Crippen LogP contribution in [-0.2, 0) is 4.74 Å². The third-order valence-corrected chi connectivity index (χ3v) is 4.28. The maximum atomic E-state index is 13.1. The number of benzene rings is 1. The summed E-state index contributed by atoms with van der Waals surface area (Å²) in [6.07, 6.45) is -3.67. The van der Waals surface area contributed by atoms with E-state index in [-0.39, 0.29) is 29.0 Å². The van der Waals surface area contributed by atoms with Crippen LogP contribution in [0.1, 0.15) is 0 Å². The summed E-state index contributed by atoms with van der Waals surface area (Å²) in [6.45, 7) is 2.10. The topological polar surface area (TPSA) is 117 Å². The van der Waals surface area contributed by atoms with Gasteiger partial charge in [-0.05, 0) is 12.1 Å². The molecule has 0 radical (unpaired) electrons. The molecule has 12 heteroatoms. The van der Waals surface area contributed by atoms with Crippen molar-refractivity contribution in [2.45, 2.75) is 6.36 Å². The summed E-state index contributed by atoms with van der Waals surface area (Å²) < 4.78 is 50.0. The number of imidazole rings is 1. The molecule has 3 aliphatic rings. The minimum absolute atomic E-state index is 0.0184. The maximum Gasteiger partial charge on any atom is 0.573 e. The predicted molar refractivity (Wildman–Crippen MR) is 94.3 cm³/mol. The van der Waals surface area contributed by atoms with Crippen molar-refractivity contribution in [3.63, 3.8) is 0 Å². The first kappa shape index (κ1) is 18.1. The first-order valence-electron chi connectivity index (χ1n) is 8.31. The normalized spacial score (nSPS) is 15.2. The van der Waals surface area contributed by atoms with Gasteiger partial charge in [-0.2, -0.15) is 4.98 Å². The van der Waals surface area contributed by atoms with Crippen molar-refractivity contribution in [3.8, 4) is 23.0 Å². The van der Waals surface area contributed by atoms with Crippen molar-refractivity contribution in [2.75, 3.05) is 42.7 Å². The molecule has 0 aromatic heterocycles. The largest absolute Gasteiger partial charge is 0.573 e. The Morgan fingerprint density at radius 3 is 2.57 bits per heavy atom. The Labute approximate surface area is 157 Å². The number of halogens is 3. The lowest BCUT2D eigenvalue weighted by Gasteiger charge is -2.29. The summed E-state index contributed by atoms with van der Waals surface area (Å²) in [7, 11) is 0. The number of hydrogen-bond acceptors (Lipinski definition) is 8. The lowest BCUT2D eigenvalue weighted by molar-refractivity contribution is -0.274. The molecular weight excluding hydrogens is 379 g/mol. The first-order valence-corrected chi connectivity index (χ1v) is 8.31. The van der Waals surface area contributed by atoms with E-state index in [0.29, 0.717) is 32.0 Å². The third-order valence-electron chi connectivity index (χ3n) is 4.28. The van der Waals surface area contributed by atoms with Gasteiger partial charge < -0.3 is 25.8 Å². The van der Waals surface area contributed by atoms with E-state index in [2.05, 4.69) is 19.7 Å². The summed E-state index contributed by atoms with van der Waals surface area (Å²) in [4.78, 5) is 13.9. The standard InChI is InChI=1S/C16H16F3N7O2/c17-16(18,19)28-11-7-9(25-3-5-27-6-4-25)1-2-10(11)26-14-12(22-8-23-14)13(20)24-15(26)21/h1-2,7-8H,3-6,20H2,(H2,21,24). The lowest BCUT2D eigenvalue weighted by atomic mass is 10.2. The summed E-state index contributed by atoms with van der Waals surface area (Å²) >= 11 is 0. The maximum absolute atomic E-state index is 13.1. The van der Waals surface area contributed by atoms with Gasteiger partial charge in [-0.25, -0.2) is 9.97 Å². The molecule has 4 N–H and O–H groups in total. The number of anilines is 3. The molecule has 0 saturated carbocycles. The Hall–Kier alpha value is -3.28. The number of morpholine rings is 1. The number of nitrogens with two attached hydrogens (primary N) is 2. The van der Waals surface area contributed by atoms with Crippen molar-refractivity contribution < 1.29 is 22.6 Å². The molecule has 3 aliphatic heterocycles. The van der Waals surface area contributed by atoms with Gasteiger partial charge in [0, 0.05) is 24.8 Å². The quantitative estimate of drug-likeness (QED) is 0.688. The zero-order valence-electron chi connectivity index (χ0n) is 14.5. The van der Waals surface area contributed by atoms with Gasteiger partial charge in [0.25, 0.3) is 0 Å². The number of fused-ring (bicyclic) bond motifs is 1. The molecule has 1 fully saturated rings. The fourth-order valence-electron chi connectivity index (χ4n) is 3.09. The average molecular weight is 395 g/mol. The van der Waals surface area contributed by atoms with Crippen LogP contribution in [0.4, 0.5) is 30.6 Å². The molecule has 0 aliphatic carbocycles. The highest BCUT2D eigenvalue weighted by molar-refractivity contribution is 5.72. The molecule has 148 valence electrons. The number of nitrogens with zero attached hydrogens (tertiary/aromatic N) is 5. The van der Waals surface area contributed by atoms with E-state index in [0.717, 1.165) is 0 Å². The van der Waals surface area contributed by atoms with Gasteiger partial charge in [-0.1, -0.05) is 0 Å². The van der Waals surface area contributed by atoms with Crippen LogP contribution in [0.15, 0.2) is 24.5 Å². The second-order valence-electron chi connectivity index (χ2n) is 6.04. The van der Waals surface area contributed by atoms with E-state index in [4.69, 9.17) is 16.2 Å². The van der Waals surface area contributed by atoms with Crippen LogP contribution in [0.3, 0.4) is 0 Å². The SMILES string of the molecule is Nc1nc(N)n(-c2ccc(N3CCOCC3)cc2OC(F)(F)F)c2ncnc1-2. The van der Waals surface area contributed by atoms with Crippen LogP contribution < -0.4 is 21.1 Å². The fourth-order valence-corrected chi connectivity index (χ4v) is 3.09. The van der Waals surface area contributed by atoms with Crippen LogP contribution in [0.2, 0.25) is 0 Å². The number of nitrogen functional groups attached to an aromatic ring is 2. The Kier molecular flexibility index (Phi) is 4.34. The van der Waals surface area contributed by atoms with Crippen LogP contribution >= 0.6 is 0 Å². The van der Waals surface area contributed by atoms with Gasteiger partial charge in [0.1, 0.15) is 6.33 Å². The highest BCUT2D eigenvalue weighted by Gasteiger charge is 2.34. The van der Waals surface area contributed by atoms with Crippen LogP contribution in [0.5, 0.6) is 5.75 Å². The Morgan fingerprint density at radius 1 is 1.11 bits per heavy atom. The van der Waals surface area contributed by atoms with Gasteiger partial charge in [-0.15, -0.1) is 13.2 Å². The van der Waals surface area contributed by atoms with E-state index in [1.54, 1.807) is 6.07 Å². The highest BCUT2D eigenvalue weighted by atomic mass is 19.4. The van der Waals surface area contributed by atoms with Gasteiger partial charge in [0.15, 0.2) is 23.1 Å². The molecule has 9 nitrogen and oxygen atoms in total. The fraction of sp³-hybridized carbons (Fsp3) is 0.312. The molecule has 1 aromatic rings. The number of ether oxygens (including phenoxy) is 2. The van der Waals surface area contributed by atoms with Crippen molar-refractivity contribution in [1.29, 1.82) is 0 Å². The number of alkyl halides is 3. The summed E-state index contributed by atoms with van der Waals surface area (Å²) in [5.74, 6) is -0.374. The van der Waals surface area contributed by atoms with E-state index in [9.17, 15) is 13.2 Å². The average Bonchev–Trinajstić information content (AvgIpc) is 3.12. The summed E-state index contributed by atoms with van der Waals surface area (Å²) in [6, 6.07) is 4.45. The molecular formula is C16H16F3N7O2. The molecule has 0 bridgehead atoms. The predicted octanol–water partition coefficient (Wildman–Crippen LogP) is 1.67.